The van der Waals surface area contributed by atoms with E-state index in [2.05, 4.69) is 17.2 Å². The van der Waals surface area contributed by atoms with Crippen LogP contribution in [0.3, 0.4) is 0 Å². The second kappa shape index (κ2) is 7.70. The third kappa shape index (κ3) is 5.44. The van der Waals surface area contributed by atoms with Gasteiger partial charge >= 0.3 is 0 Å². The Morgan fingerprint density at radius 2 is 1.96 bits per heavy atom. The molecule has 1 amide bonds. The maximum Gasteiger partial charge on any atom is 0.224 e. The standard InChI is InChI=1S/C16H20N2O3S2/c1-3-4-16-18-13(11-22-16)10-17-15(19)9-12-5-7-14(8-6-12)23(2,20)21/h5-8,11H,3-4,9-10H2,1-2H3,(H,17,19). The maximum absolute atomic E-state index is 11.9. The minimum absolute atomic E-state index is 0.109. The summed E-state index contributed by atoms with van der Waals surface area (Å²) in [5, 5.41) is 5.89. The van der Waals surface area contributed by atoms with Crippen molar-refractivity contribution in [2.24, 2.45) is 0 Å². The molecule has 0 radical (unpaired) electrons. The lowest BCUT2D eigenvalue weighted by Gasteiger charge is -2.05. The molecule has 5 nitrogen and oxygen atoms in total. The van der Waals surface area contributed by atoms with Crippen LogP contribution in [0, 0.1) is 0 Å². The van der Waals surface area contributed by atoms with Gasteiger partial charge in [0.15, 0.2) is 9.84 Å². The molecule has 1 aromatic heterocycles. The Kier molecular flexibility index (Phi) is 5.90. The SMILES string of the molecule is CCCc1nc(CNC(=O)Cc2ccc(S(C)(=O)=O)cc2)cs1. The number of sulfone groups is 1. The lowest BCUT2D eigenvalue weighted by molar-refractivity contribution is -0.120. The van der Waals surface area contributed by atoms with Crippen LogP contribution in [0.15, 0.2) is 34.5 Å². The van der Waals surface area contributed by atoms with Crippen molar-refractivity contribution in [3.8, 4) is 0 Å². The van der Waals surface area contributed by atoms with Crippen LogP contribution in [0.4, 0.5) is 0 Å². The molecular formula is C16H20N2O3S2. The zero-order valence-electron chi connectivity index (χ0n) is 13.2. The average Bonchev–Trinajstić information content (AvgIpc) is 2.93. The van der Waals surface area contributed by atoms with Gasteiger partial charge in [0.05, 0.1) is 28.6 Å². The number of aryl methyl sites for hydroxylation is 1. The molecule has 0 aliphatic carbocycles. The topological polar surface area (TPSA) is 76.1 Å². The number of nitrogens with zero attached hydrogens (tertiary/aromatic N) is 1. The molecular weight excluding hydrogens is 332 g/mol. The fourth-order valence-corrected chi connectivity index (χ4v) is 3.58. The van der Waals surface area contributed by atoms with Gasteiger partial charge in [0.25, 0.3) is 0 Å². The molecule has 0 unspecified atom stereocenters. The third-order valence-electron chi connectivity index (χ3n) is 3.25. The summed E-state index contributed by atoms with van der Waals surface area (Å²) in [4.78, 5) is 16.7. The van der Waals surface area contributed by atoms with Crippen molar-refractivity contribution in [1.82, 2.24) is 10.3 Å². The smallest absolute Gasteiger partial charge is 0.224 e. The molecule has 0 saturated heterocycles. The molecule has 1 heterocycles. The van der Waals surface area contributed by atoms with E-state index in [9.17, 15) is 13.2 Å². The molecule has 1 aromatic carbocycles. The normalized spacial score (nSPS) is 11.4. The van der Waals surface area contributed by atoms with Gasteiger partial charge in [0.1, 0.15) is 0 Å². The van der Waals surface area contributed by atoms with E-state index in [1.807, 2.05) is 5.38 Å². The molecule has 23 heavy (non-hydrogen) atoms. The van der Waals surface area contributed by atoms with Gasteiger partial charge in [-0.2, -0.15) is 0 Å². The lowest BCUT2D eigenvalue weighted by atomic mass is 10.1. The van der Waals surface area contributed by atoms with Crippen LogP contribution in [0.2, 0.25) is 0 Å². The number of thiazole rings is 1. The zero-order valence-corrected chi connectivity index (χ0v) is 14.8. The van der Waals surface area contributed by atoms with Gasteiger partial charge in [0.2, 0.25) is 5.91 Å². The van der Waals surface area contributed by atoms with Crippen LogP contribution in [0.5, 0.6) is 0 Å². The Hall–Kier alpha value is -1.73. The molecule has 0 aliphatic heterocycles. The lowest BCUT2D eigenvalue weighted by Crippen LogP contribution is -2.24. The monoisotopic (exact) mass is 352 g/mol. The van der Waals surface area contributed by atoms with E-state index in [1.165, 1.54) is 12.1 Å². The molecule has 0 fully saturated rings. The molecule has 1 N–H and O–H groups in total. The van der Waals surface area contributed by atoms with Gasteiger partial charge in [-0.1, -0.05) is 19.1 Å². The average molecular weight is 352 g/mol. The molecule has 0 saturated carbocycles. The first-order valence-electron chi connectivity index (χ1n) is 7.37. The minimum Gasteiger partial charge on any atom is -0.350 e. The molecule has 0 spiro atoms. The van der Waals surface area contributed by atoms with E-state index < -0.39 is 9.84 Å². The van der Waals surface area contributed by atoms with Crippen LogP contribution in [0.1, 0.15) is 29.6 Å². The van der Waals surface area contributed by atoms with Crippen molar-refractivity contribution in [2.75, 3.05) is 6.26 Å². The summed E-state index contributed by atoms with van der Waals surface area (Å²) >= 11 is 1.61. The fraction of sp³-hybridized carbons (Fsp3) is 0.375. The third-order valence-corrected chi connectivity index (χ3v) is 5.33. The molecule has 2 aromatic rings. The first kappa shape index (κ1) is 17.6. The van der Waals surface area contributed by atoms with Crippen LogP contribution in [0.25, 0.3) is 0 Å². The predicted octanol–water partition coefficient (Wildman–Crippen LogP) is 2.36. The number of carbonyl (C=O) groups is 1. The number of benzene rings is 1. The van der Waals surface area contributed by atoms with Crippen LogP contribution in [-0.4, -0.2) is 25.6 Å². The number of hydrogen-bond acceptors (Lipinski definition) is 5. The fourth-order valence-electron chi connectivity index (χ4n) is 2.05. The van der Waals surface area contributed by atoms with Gasteiger partial charge < -0.3 is 5.32 Å². The highest BCUT2D eigenvalue weighted by atomic mass is 32.2. The second-order valence-electron chi connectivity index (χ2n) is 5.35. The Bertz CT molecular complexity index is 765. The predicted molar refractivity (Wildman–Crippen MR) is 91.2 cm³/mol. The van der Waals surface area contributed by atoms with E-state index >= 15 is 0 Å². The number of hydrogen-bond donors (Lipinski definition) is 1. The van der Waals surface area contributed by atoms with Crippen LogP contribution in [-0.2, 0) is 34.0 Å². The summed E-state index contributed by atoms with van der Waals surface area (Å²) in [5.41, 5.74) is 1.65. The van der Waals surface area contributed by atoms with Gasteiger partial charge in [-0.05, 0) is 30.5 Å². The molecule has 0 atom stereocenters. The van der Waals surface area contributed by atoms with Gasteiger partial charge in [0, 0.05) is 11.6 Å². The summed E-state index contributed by atoms with van der Waals surface area (Å²) in [6.45, 7) is 2.53. The van der Waals surface area contributed by atoms with E-state index in [0.717, 1.165) is 35.4 Å². The first-order chi connectivity index (χ1) is 10.9. The van der Waals surface area contributed by atoms with Gasteiger partial charge in [-0.3, -0.25) is 4.79 Å². The highest BCUT2D eigenvalue weighted by Crippen LogP contribution is 2.12. The Morgan fingerprint density at radius 3 is 2.57 bits per heavy atom. The summed E-state index contributed by atoms with van der Waals surface area (Å²) < 4.78 is 22.8. The summed E-state index contributed by atoms with van der Waals surface area (Å²) in [6.07, 6.45) is 3.40. The summed E-state index contributed by atoms with van der Waals surface area (Å²) in [5.74, 6) is -0.109. The number of amides is 1. The molecule has 2 rings (SSSR count). The minimum atomic E-state index is -3.20. The van der Waals surface area contributed by atoms with E-state index in [0.29, 0.717) is 6.54 Å². The number of carbonyl (C=O) groups excluding carboxylic acids is 1. The summed E-state index contributed by atoms with van der Waals surface area (Å²) in [6, 6.07) is 6.38. The van der Waals surface area contributed by atoms with Crippen molar-refractivity contribution < 1.29 is 13.2 Å². The molecule has 0 aliphatic rings. The van der Waals surface area contributed by atoms with E-state index in [-0.39, 0.29) is 17.2 Å². The van der Waals surface area contributed by atoms with E-state index in [1.54, 1.807) is 23.5 Å². The second-order valence-corrected chi connectivity index (χ2v) is 8.31. The number of rotatable bonds is 7. The zero-order chi connectivity index (χ0) is 16.9. The largest absolute Gasteiger partial charge is 0.350 e. The molecule has 0 bridgehead atoms. The quantitative estimate of drug-likeness (QED) is 0.830. The van der Waals surface area contributed by atoms with Crippen molar-refractivity contribution in [3.05, 3.63) is 45.9 Å². The Labute approximate surface area is 140 Å². The highest BCUT2D eigenvalue weighted by molar-refractivity contribution is 7.90. The van der Waals surface area contributed by atoms with Crippen molar-refractivity contribution in [1.29, 1.82) is 0 Å². The van der Waals surface area contributed by atoms with E-state index in [4.69, 9.17) is 0 Å². The van der Waals surface area contributed by atoms with Crippen LogP contribution >= 0.6 is 11.3 Å². The van der Waals surface area contributed by atoms with Crippen LogP contribution < -0.4 is 5.32 Å². The van der Waals surface area contributed by atoms with Crippen molar-refractivity contribution >= 4 is 27.1 Å². The van der Waals surface area contributed by atoms with Crippen molar-refractivity contribution in [2.45, 2.75) is 37.6 Å². The molecule has 7 heteroatoms. The Balaban J connectivity index is 1.86. The maximum atomic E-state index is 11.9. The molecule has 124 valence electrons. The number of aromatic nitrogens is 1. The Morgan fingerprint density at radius 1 is 1.26 bits per heavy atom. The summed E-state index contributed by atoms with van der Waals surface area (Å²) in [7, 11) is -3.20. The van der Waals surface area contributed by atoms with Gasteiger partial charge in [-0.15, -0.1) is 11.3 Å². The van der Waals surface area contributed by atoms with Gasteiger partial charge in [-0.25, -0.2) is 13.4 Å². The highest BCUT2D eigenvalue weighted by Gasteiger charge is 2.09. The van der Waals surface area contributed by atoms with Crippen molar-refractivity contribution in [3.63, 3.8) is 0 Å². The first-order valence-corrected chi connectivity index (χ1v) is 10.1. The number of nitrogens with one attached hydrogen (secondary N) is 1.